The number of rotatable bonds is 12. The van der Waals surface area contributed by atoms with Gasteiger partial charge in [0.2, 0.25) is 0 Å². The lowest BCUT2D eigenvalue weighted by molar-refractivity contribution is 0.0431. The van der Waals surface area contributed by atoms with E-state index in [9.17, 15) is 5.11 Å². The van der Waals surface area contributed by atoms with Gasteiger partial charge in [-0.1, -0.05) is 6.92 Å². The van der Waals surface area contributed by atoms with Crippen LogP contribution in [0.1, 0.15) is 27.2 Å². The van der Waals surface area contributed by atoms with E-state index in [2.05, 4.69) is 31.0 Å². The number of nitrogens with one attached hydrogen (secondary N) is 1. The van der Waals surface area contributed by atoms with Gasteiger partial charge in [-0.25, -0.2) is 0 Å². The van der Waals surface area contributed by atoms with Gasteiger partial charge in [-0.3, -0.25) is 4.90 Å². The third-order valence-electron chi connectivity index (χ3n) is 3.32. The Morgan fingerprint density at radius 1 is 1.32 bits per heavy atom. The summed E-state index contributed by atoms with van der Waals surface area (Å²) >= 11 is 0. The standard InChI is InChI=1S/C14H32N2O3/c1-6-7-15-14(3,12-17)11-16(8-9-18-4)13(2)10-19-5/h13,15,17H,6-12H2,1-5H3. The maximum Gasteiger partial charge on any atom is 0.0623 e. The van der Waals surface area contributed by atoms with Crippen LogP contribution in [0.2, 0.25) is 0 Å². The molecule has 0 aromatic heterocycles. The molecule has 0 aliphatic heterocycles. The van der Waals surface area contributed by atoms with Crippen LogP contribution >= 0.6 is 0 Å². The van der Waals surface area contributed by atoms with Crippen molar-refractivity contribution in [3.05, 3.63) is 0 Å². The molecule has 0 fully saturated rings. The van der Waals surface area contributed by atoms with Crippen LogP contribution in [0.25, 0.3) is 0 Å². The van der Waals surface area contributed by atoms with Crippen LogP contribution in [0.4, 0.5) is 0 Å². The minimum absolute atomic E-state index is 0.121. The molecule has 2 unspecified atom stereocenters. The SMILES string of the molecule is CCCNC(C)(CO)CN(CCOC)C(C)COC. The lowest BCUT2D eigenvalue weighted by Crippen LogP contribution is -2.56. The Hall–Kier alpha value is -0.200. The highest BCUT2D eigenvalue weighted by molar-refractivity contribution is 4.87. The second kappa shape index (κ2) is 10.6. The van der Waals surface area contributed by atoms with Gasteiger partial charge in [0, 0.05) is 33.4 Å². The van der Waals surface area contributed by atoms with Crippen LogP contribution in [0.5, 0.6) is 0 Å². The molecule has 0 rings (SSSR count). The van der Waals surface area contributed by atoms with E-state index in [1.54, 1.807) is 14.2 Å². The second-order valence-corrected chi connectivity index (χ2v) is 5.41. The molecule has 5 nitrogen and oxygen atoms in total. The molecule has 2 atom stereocenters. The number of hydrogen-bond acceptors (Lipinski definition) is 5. The van der Waals surface area contributed by atoms with E-state index in [1.165, 1.54) is 0 Å². The summed E-state index contributed by atoms with van der Waals surface area (Å²) in [5, 5.41) is 13.1. The van der Waals surface area contributed by atoms with Crippen molar-refractivity contribution in [2.24, 2.45) is 0 Å². The zero-order chi connectivity index (χ0) is 14.7. The molecule has 0 amide bonds. The summed E-state index contributed by atoms with van der Waals surface area (Å²) in [7, 11) is 3.42. The molecular formula is C14H32N2O3. The fourth-order valence-electron chi connectivity index (χ4n) is 2.05. The molecule has 116 valence electrons. The van der Waals surface area contributed by atoms with Crippen molar-refractivity contribution in [1.29, 1.82) is 0 Å². The fraction of sp³-hybridized carbons (Fsp3) is 1.00. The normalized spacial score (nSPS) is 16.6. The predicted molar refractivity (Wildman–Crippen MR) is 78.6 cm³/mol. The summed E-state index contributed by atoms with van der Waals surface area (Å²) in [5.41, 5.74) is -0.286. The molecule has 2 N–H and O–H groups in total. The van der Waals surface area contributed by atoms with Crippen LogP contribution in [0, 0.1) is 0 Å². The van der Waals surface area contributed by atoms with Gasteiger partial charge < -0.3 is 19.9 Å². The average molecular weight is 276 g/mol. The number of hydrogen-bond donors (Lipinski definition) is 2. The van der Waals surface area contributed by atoms with E-state index in [0.29, 0.717) is 19.3 Å². The van der Waals surface area contributed by atoms with Crippen molar-refractivity contribution in [1.82, 2.24) is 10.2 Å². The molecule has 0 heterocycles. The summed E-state index contributed by atoms with van der Waals surface area (Å²) in [4.78, 5) is 2.30. The summed E-state index contributed by atoms with van der Waals surface area (Å²) in [6.07, 6.45) is 1.06. The first kappa shape index (κ1) is 18.8. The van der Waals surface area contributed by atoms with Crippen molar-refractivity contribution >= 4 is 0 Å². The van der Waals surface area contributed by atoms with Crippen molar-refractivity contribution < 1.29 is 14.6 Å². The van der Waals surface area contributed by atoms with Gasteiger partial charge >= 0.3 is 0 Å². The molecule has 19 heavy (non-hydrogen) atoms. The first-order chi connectivity index (χ1) is 9.02. The van der Waals surface area contributed by atoms with Crippen LogP contribution in [-0.2, 0) is 9.47 Å². The molecule has 0 saturated heterocycles. The highest BCUT2D eigenvalue weighted by atomic mass is 16.5. The van der Waals surface area contributed by atoms with Gasteiger partial charge in [-0.15, -0.1) is 0 Å². The lowest BCUT2D eigenvalue weighted by atomic mass is 10.0. The van der Waals surface area contributed by atoms with Crippen LogP contribution < -0.4 is 5.32 Å². The molecule has 0 aromatic rings. The average Bonchev–Trinajstić information content (AvgIpc) is 2.41. The molecule has 0 spiro atoms. The summed E-state index contributed by atoms with van der Waals surface area (Å²) < 4.78 is 10.4. The third-order valence-corrected chi connectivity index (χ3v) is 3.32. The molecule has 0 bridgehead atoms. The number of aliphatic hydroxyl groups is 1. The zero-order valence-electron chi connectivity index (χ0n) is 13.2. The molecular weight excluding hydrogens is 244 g/mol. The summed E-state index contributed by atoms with van der Waals surface area (Å²) in [5.74, 6) is 0. The van der Waals surface area contributed by atoms with Crippen LogP contribution in [0.3, 0.4) is 0 Å². The Balaban J connectivity index is 4.55. The van der Waals surface area contributed by atoms with Crippen molar-refractivity contribution in [3.8, 4) is 0 Å². The van der Waals surface area contributed by atoms with Gasteiger partial charge in [0.25, 0.3) is 0 Å². The van der Waals surface area contributed by atoms with Crippen molar-refractivity contribution in [2.75, 3.05) is 53.7 Å². The maximum atomic E-state index is 9.65. The summed E-state index contributed by atoms with van der Waals surface area (Å²) in [6, 6.07) is 0.300. The minimum Gasteiger partial charge on any atom is -0.394 e. The fourth-order valence-corrected chi connectivity index (χ4v) is 2.05. The summed E-state index contributed by atoms with van der Waals surface area (Å²) in [6.45, 7) is 10.3. The Bertz CT molecular complexity index is 217. The molecule has 0 radical (unpaired) electrons. The van der Waals surface area contributed by atoms with Gasteiger partial charge in [0.1, 0.15) is 0 Å². The first-order valence-electron chi connectivity index (χ1n) is 7.10. The quantitative estimate of drug-likeness (QED) is 0.550. The van der Waals surface area contributed by atoms with Crippen LogP contribution in [-0.4, -0.2) is 75.3 Å². The van der Waals surface area contributed by atoms with Gasteiger partial charge in [0.15, 0.2) is 0 Å². The Morgan fingerprint density at radius 2 is 2.00 bits per heavy atom. The van der Waals surface area contributed by atoms with Crippen molar-refractivity contribution in [2.45, 2.75) is 38.8 Å². The smallest absolute Gasteiger partial charge is 0.0623 e. The third kappa shape index (κ3) is 7.84. The highest BCUT2D eigenvalue weighted by Crippen LogP contribution is 2.10. The molecule has 5 heteroatoms. The highest BCUT2D eigenvalue weighted by Gasteiger charge is 2.27. The lowest BCUT2D eigenvalue weighted by Gasteiger charge is -2.38. The maximum absolute atomic E-state index is 9.65. The van der Waals surface area contributed by atoms with Gasteiger partial charge in [-0.05, 0) is 26.8 Å². The molecule has 0 aromatic carbocycles. The second-order valence-electron chi connectivity index (χ2n) is 5.41. The van der Waals surface area contributed by atoms with E-state index in [0.717, 1.165) is 26.1 Å². The topological polar surface area (TPSA) is 54.0 Å². The van der Waals surface area contributed by atoms with Gasteiger partial charge in [0.05, 0.1) is 25.4 Å². The Morgan fingerprint density at radius 3 is 2.47 bits per heavy atom. The number of nitrogens with zero attached hydrogens (tertiary/aromatic N) is 1. The monoisotopic (exact) mass is 276 g/mol. The minimum atomic E-state index is -0.286. The number of aliphatic hydroxyl groups excluding tert-OH is 1. The Labute approximate surface area is 118 Å². The van der Waals surface area contributed by atoms with Crippen molar-refractivity contribution in [3.63, 3.8) is 0 Å². The zero-order valence-corrected chi connectivity index (χ0v) is 13.2. The Kier molecular flexibility index (Phi) is 10.5. The van der Waals surface area contributed by atoms with Gasteiger partial charge in [-0.2, -0.15) is 0 Å². The van der Waals surface area contributed by atoms with E-state index < -0.39 is 0 Å². The van der Waals surface area contributed by atoms with E-state index in [-0.39, 0.29) is 12.1 Å². The van der Waals surface area contributed by atoms with Crippen LogP contribution in [0.15, 0.2) is 0 Å². The molecule has 0 saturated carbocycles. The van der Waals surface area contributed by atoms with E-state index >= 15 is 0 Å². The molecule has 0 aliphatic rings. The van der Waals surface area contributed by atoms with E-state index in [1.807, 2.05) is 0 Å². The number of methoxy groups -OCH3 is 2. The van der Waals surface area contributed by atoms with E-state index in [4.69, 9.17) is 9.47 Å². The number of ether oxygens (including phenoxy) is 2. The predicted octanol–water partition coefficient (Wildman–Crippen LogP) is 0.720. The first-order valence-corrected chi connectivity index (χ1v) is 7.10. The molecule has 0 aliphatic carbocycles. The largest absolute Gasteiger partial charge is 0.394 e.